The lowest BCUT2D eigenvalue weighted by atomic mass is 9.96. The molecule has 0 aromatic rings. The fourth-order valence-electron chi connectivity index (χ4n) is 1.79. The summed E-state index contributed by atoms with van der Waals surface area (Å²) in [7, 11) is 0. The summed E-state index contributed by atoms with van der Waals surface area (Å²) in [5.74, 6) is -2.18. The normalized spacial score (nSPS) is 26.1. The zero-order valence-electron chi connectivity index (χ0n) is 8.16. The van der Waals surface area contributed by atoms with Gasteiger partial charge in [0.15, 0.2) is 0 Å². The summed E-state index contributed by atoms with van der Waals surface area (Å²) in [5, 5.41) is 8.84. The number of amides is 1. The molecule has 0 aliphatic heterocycles. The average molecular weight is 201 g/mol. The van der Waals surface area contributed by atoms with E-state index in [2.05, 4.69) is 5.48 Å². The zero-order valence-corrected chi connectivity index (χ0v) is 8.16. The van der Waals surface area contributed by atoms with Crippen LogP contribution in [0, 0.1) is 11.8 Å². The molecular weight excluding hydrogens is 186 g/mol. The van der Waals surface area contributed by atoms with Crippen molar-refractivity contribution in [2.24, 2.45) is 11.8 Å². The van der Waals surface area contributed by atoms with Gasteiger partial charge in [0.1, 0.15) is 0 Å². The van der Waals surface area contributed by atoms with Crippen molar-refractivity contribution in [1.29, 1.82) is 0 Å². The van der Waals surface area contributed by atoms with Crippen LogP contribution in [0.15, 0.2) is 0 Å². The van der Waals surface area contributed by atoms with Crippen molar-refractivity contribution in [2.75, 3.05) is 6.61 Å². The van der Waals surface area contributed by atoms with E-state index < -0.39 is 17.8 Å². The standard InChI is InChI=1S/C9H15NO4/c1-2-14-10-8(11)6-4-3-5-7(6)9(12)13/h6-7H,2-5H2,1H3,(H,10,11)(H,12,13). The Labute approximate surface area is 82.4 Å². The largest absolute Gasteiger partial charge is 0.481 e. The molecule has 1 aliphatic carbocycles. The third-order valence-corrected chi connectivity index (χ3v) is 2.49. The molecule has 0 saturated heterocycles. The van der Waals surface area contributed by atoms with Gasteiger partial charge in [0.05, 0.1) is 18.4 Å². The molecule has 2 unspecified atom stereocenters. The van der Waals surface area contributed by atoms with Crippen LogP contribution in [-0.4, -0.2) is 23.6 Å². The topological polar surface area (TPSA) is 75.6 Å². The average Bonchev–Trinajstić information content (AvgIpc) is 2.62. The molecule has 2 atom stereocenters. The van der Waals surface area contributed by atoms with Gasteiger partial charge in [-0.25, -0.2) is 5.48 Å². The molecule has 0 heterocycles. The van der Waals surface area contributed by atoms with Gasteiger partial charge in [-0.2, -0.15) is 0 Å². The SMILES string of the molecule is CCONC(=O)C1CCCC1C(=O)O. The Balaban J connectivity index is 2.49. The molecule has 0 radical (unpaired) electrons. The molecule has 80 valence electrons. The van der Waals surface area contributed by atoms with E-state index in [-0.39, 0.29) is 5.91 Å². The highest BCUT2D eigenvalue weighted by Crippen LogP contribution is 2.31. The molecule has 1 saturated carbocycles. The van der Waals surface area contributed by atoms with Crippen LogP contribution in [0.3, 0.4) is 0 Å². The van der Waals surface area contributed by atoms with Crippen molar-refractivity contribution in [1.82, 2.24) is 5.48 Å². The maximum atomic E-state index is 11.4. The van der Waals surface area contributed by atoms with Crippen LogP contribution in [0.5, 0.6) is 0 Å². The molecule has 0 spiro atoms. The Morgan fingerprint density at radius 2 is 2.07 bits per heavy atom. The smallest absolute Gasteiger partial charge is 0.307 e. The first-order valence-electron chi connectivity index (χ1n) is 4.81. The lowest BCUT2D eigenvalue weighted by Gasteiger charge is -2.14. The van der Waals surface area contributed by atoms with Gasteiger partial charge < -0.3 is 5.11 Å². The minimum absolute atomic E-state index is 0.309. The monoisotopic (exact) mass is 201 g/mol. The second kappa shape index (κ2) is 4.95. The molecule has 14 heavy (non-hydrogen) atoms. The van der Waals surface area contributed by atoms with Gasteiger partial charge >= 0.3 is 5.97 Å². The summed E-state index contributed by atoms with van der Waals surface area (Å²) in [4.78, 5) is 26.9. The molecular formula is C9H15NO4. The number of hydroxylamine groups is 1. The van der Waals surface area contributed by atoms with Gasteiger partial charge in [-0.3, -0.25) is 14.4 Å². The molecule has 1 rings (SSSR count). The Morgan fingerprint density at radius 1 is 1.43 bits per heavy atom. The first kappa shape index (κ1) is 11.0. The van der Waals surface area contributed by atoms with Crippen molar-refractivity contribution in [3.63, 3.8) is 0 Å². The predicted octanol–water partition coefficient (Wildman–Crippen LogP) is 0.555. The molecule has 1 fully saturated rings. The number of carboxylic acid groups (broad SMARTS) is 1. The van der Waals surface area contributed by atoms with Crippen LogP contribution in [-0.2, 0) is 14.4 Å². The number of carbonyl (C=O) groups excluding carboxylic acids is 1. The van der Waals surface area contributed by atoms with Crippen molar-refractivity contribution in [2.45, 2.75) is 26.2 Å². The van der Waals surface area contributed by atoms with E-state index in [0.717, 1.165) is 6.42 Å². The highest BCUT2D eigenvalue weighted by atomic mass is 16.6. The van der Waals surface area contributed by atoms with Crippen LogP contribution in [0.25, 0.3) is 0 Å². The maximum Gasteiger partial charge on any atom is 0.307 e. The van der Waals surface area contributed by atoms with E-state index in [1.54, 1.807) is 6.92 Å². The Bertz CT molecular complexity index is 229. The fraction of sp³-hybridized carbons (Fsp3) is 0.778. The zero-order chi connectivity index (χ0) is 10.6. The van der Waals surface area contributed by atoms with Gasteiger partial charge in [-0.15, -0.1) is 0 Å². The van der Waals surface area contributed by atoms with E-state index >= 15 is 0 Å². The van der Waals surface area contributed by atoms with Gasteiger partial charge in [0, 0.05) is 0 Å². The molecule has 5 heteroatoms. The highest BCUT2D eigenvalue weighted by Gasteiger charge is 2.37. The number of nitrogens with one attached hydrogen (secondary N) is 1. The lowest BCUT2D eigenvalue weighted by molar-refractivity contribution is -0.149. The molecule has 1 amide bonds. The van der Waals surface area contributed by atoms with Crippen LogP contribution in [0.1, 0.15) is 26.2 Å². The number of aliphatic carboxylic acids is 1. The fourth-order valence-corrected chi connectivity index (χ4v) is 1.79. The molecule has 0 aromatic heterocycles. The molecule has 1 aliphatic rings. The first-order chi connectivity index (χ1) is 6.66. The summed E-state index contributed by atoms with van der Waals surface area (Å²) >= 11 is 0. The van der Waals surface area contributed by atoms with E-state index in [0.29, 0.717) is 19.4 Å². The number of hydrogen-bond donors (Lipinski definition) is 2. The van der Waals surface area contributed by atoms with E-state index in [1.165, 1.54) is 0 Å². The van der Waals surface area contributed by atoms with Gasteiger partial charge in [-0.1, -0.05) is 6.42 Å². The number of rotatable bonds is 4. The molecule has 0 aromatic carbocycles. The van der Waals surface area contributed by atoms with E-state index in [9.17, 15) is 9.59 Å². The van der Waals surface area contributed by atoms with Gasteiger partial charge in [-0.05, 0) is 19.8 Å². The number of carbonyl (C=O) groups is 2. The van der Waals surface area contributed by atoms with Gasteiger partial charge in [0.2, 0.25) is 5.91 Å². The Morgan fingerprint density at radius 3 is 2.64 bits per heavy atom. The van der Waals surface area contributed by atoms with Crippen LogP contribution >= 0.6 is 0 Å². The highest BCUT2D eigenvalue weighted by molar-refractivity contribution is 5.84. The van der Waals surface area contributed by atoms with Crippen molar-refractivity contribution < 1.29 is 19.5 Å². The number of hydrogen-bond acceptors (Lipinski definition) is 3. The van der Waals surface area contributed by atoms with Crippen molar-refractivity contribution in [3.05, 3.63) is 0 Å². The number of carboxylic acids is 1. The van der Waals surface area contributed by atoms with Crippen LogP contribution < -0.4 is 5.48 Å². The summed E-state index contributed by atoms with van der Waals surface area (Å²) < 4.78 is 0. The predicted molar refractivity (Wildman–Crippen MR) is 48.2 cm³/mol. The molecule has 2 N–H and O–H groups in total. The minimum Gasteiger partial charge on any atom is -0.481 e. The Kier molecular flexibility index (Phi) is 3.88. The van der Waals surface area contributed by atoms with Crippen LogP contribution in [0.4, 0.5) is 0 Å². The van der Waals surface area contributed by atoms with E-state index in [1.807, 2.05) is 0 Å². The minimum atomic E-state index is -0.890. The first-order valence-corrected chi connectivity index (χ1v) is 4.81. The summed E-state index contributed by atoms with van der Waals surface area (Å²) in [6.45, 7) is 2.14. The van der Waals surface area contributed by atoms with Crippen molar-refractivity contribution in [3.8, 4) is 0 Å². The quantitative estimate of drug-likeness (QED) is 0.651. The van der Waals surface area contributed by atoms with E-state index in [4.69, 9.17) is 9.94 Å². The maximum absolute atomic E-state index is 11.4. The summed E-state index contributed by atoms with van der Waals surface area (Å²) in [6, 6.07) is 0. The second-order valence-corrected chi connectivity index (χ2v) is 3.38. The second-order valence-electron chi connectivity index (χ2n) is 3.38. The molecule has 5 nitrogen and oxygen atoms in total. The Hall–Kier alpha value is -1.10. The molecule has 0 bridgehead atoms. The summed E-state index contributed by atoms with van der Waals surface area (Å²) in [5.41, 5.74) is 2.26. The third kappa shape index (κ3) is 2.45. The van der Waals surface area contributed by atoms with Crippen LogP contribution in [0.2, 0.25) is 0 Å². The summed E-state index contributed by atoms with van der Waals surface area (Å²) in [6.07, 6.45) is 2.01. The lowest BCUT2D eigenvalue weighted by Crippen LogP contribution is -2.35. The third-order valence-electron chi connectivity index (χ3n) is 2.49. The van der Waals surface area contributed by atoms with Gasteiger partial charge in [0.25, 0.3) is 0 Å². The van der Waals surface area contributed by atoms with Crippen molar-refractivity contribution >= 4 is 11.9 Å².